The average Bonchev–Trinajstić information content (AvgIpc) is 3.90. The molecule has 3 aromatic heterocycles. The molecule has 1 saturated heterocycles. The molecule has 0 aromatic carbocycles. The summed E-state index contributed by atoms with van der Waals surface area (Å²) in [5.74, 6) is 0.260. The monoisotopic (exact) mass is 583 g/mol. The lowest BCUT2D eigenvalue weighted by Gasteiger charge is -2.33. The molecule has 0 unspecified atom stereocenters. The van der Waals surface area contributed by atoms with E-state index in [4.69, 9.17) is 4.98 Å². The first kappa shape index (κ1) is 26.0. The van der Waals surface area contributed by atoms with Crippen molar-refractivity contribution in [3.8, 4) is 16.8 Å². The van der Waals surface area contributed by atoms with Gasteiger partial charge in [-0.25, -0.2) is 22.5 Å². The summed E-state index contributed by atoms with van der Waals surface area (Å²) in [5.41, 5.74) is 0.175. The fourth-order valence-electron chi connectivity index (χ4n) is 6.16. The van der Waals surface area contributed by atoms with Crippen molar-refractivity contribution in [3.05, 3.63) is 29.0 Å². The number of imidazole rings is 1. The molecule has 0 spiro atoms. The van der Waals surface area contributed by atoms with Crippen LogP contribution in [0.25, 0.3) is 16.3 Å². The highest BCUT2D eigenvalue weighted by molar-refractivity contribution is 7.89. The van der Waals surface area contributed by atoms with Crippen LogP contribution in [-0.2, 0) is 25.6 Å². The van der Waals surface area contributed by atoms with E-state index in [1.54, 1.807) is 16.7 Å². The zero-order valence-electron chi connectivity index (χ0n) is 22.4. The van der Waals surface area contributed by atoms with Gasteiger partial charge in [-0.3, -0.25) is 9.20 Å². The maximum atomic E-state index is 13.7. The molecule has 13 heteroatoms. The third-order valence-electron chi connectivity index (χ3n) is 9.21. The van der Waals surface area contributed by atoms with Crippen molar-refractivity contribution >= 4 is 32.9 Å². The number of nitriles is 1. The number of pyridine rings is 1. The molecule has 0 bridgehead atoms. The van der Waals surface area contributed by atoms with Crippen molar-refractivity contribution in [3.63, 3.8) is 0 Å². The average molecular weight is 584 g/mol. The van der Waals surface area contributed by atoms with Crippen LogP contribution in [0.1, 0.15) is 62.9 Å². The van der Waals surface area contributed by atoms with Crippen molar-refractivity contribution in [2.24, 2.45) is 11.8 Å². The molecule has 7 rings (SSSR count). The van der Waals surface area contributed by atoms with Crippen LogP contribution in [0.5, 0.6) is 0 Å². The van der Waals surface area contributed by atoms with E-state index in [0.717, 1.165) is 24.8 Å². The normalized spacial score (nSPS) is 26.0. The second-order valence-electron chi connectivity index (χ2n) is 12.3. The molecule has 2 atom stereocenters. The Morgan fingerprint density at radius 2 is 2.05 bits per heavy atom. The van der Waals surface area contributed by atoms with Gasteiger partial charge >= 0.3 is 0 Å². The summed E-state index contributed by atoms with van der Waals surface area (Å²) in [6.45, 7) is 4.28. The summed E-state index contributed by atoms with van der Waals surface area (Å²) < 4.78 is 45.2. The molecule has 3 aromatic rings. The van der Waals surface area contributed by atoms with Crippen LogP contribution in [0, 0.1) is 23.2 Å². The zero-order chi connectivity index (χ0) is 28.1. The van der Waals surface area contributed by atoms with Gasteiger partial charge in [-0.15, -0.1) is 10.2 Å². The van der Waals surface area contributed by atoms with Crippen LogP contribution < -0.4 is 4.72 Å². The second-order valence-corrected chi connectivity index (χ2v) is 15.0. The summed E-state index contributed by atoms with van der Waals surface area (Å²) in [7, 11) is -4.03. The van der Waals surface area contributed by atoms with E-state index in [1.165, 1.54) is 17.5 Å². The standard InChI is InChI=1S/C27H30FN7O3S2/c1-16(2)23(36)34-8-7-27(10-17(27)12-34)19-9-18(40(37,38)33-26(14-28)5-6-26)13-35-20(11-30-21(19)35)22-31-32-24(39-22)25(15-29)3-4-25/h9,11,13,16-17,33H,3-8,10,12,14H2,1-2H3/t17-,27+/m1/s1. The Morgan fingerprint density at radius 1 is 1.27 bits per heavy atom. The Hall–Kier alpha value is -2.95. The first-order chi connectivity index (χ1) is 19.1. The van der Waals surface area contributed by atoms with Gasteiger partial charge in [-0.2, -0.15) is 5.26 Å². The Bertz CT molecular complexity index is 1700. The largest absolute Gasteiger partial charge is 0.342 e. The predicted octanol–water partition coefficient (Wildman–Crippen LogP) is 3.33. The molecule has 210 valence electrons. The summed E-state index contributed by atoms with van der Waals surface area (Å²) in [4.78, 5) is 19.4. The number of carbonyl (C=O) groups is 1. The highest BCUT2D eigenvalue weighted by Crippen LogP contribution is 2.60. The summed E-state index contributed by atoms with van der Waals surface area (Å²) in [6, 6.07) is 4.04. The topological polar surface area (TPSA) is 133 Å². The number of aromatic nitrogens is 4. The SMILES string of the molecule is CC(C)C(=O)N1CC[C@]2(c3cc(S(=O)(=O)NC4(CF)CC4)cn4c(-c5nnc(C6(C#N)CC6)s5)cnc34)C[C@@H]2C1. The van der Waals surface area contributed by atoms with E-state index in [9.17, 15) is 22.9 Å². The molecule has 1 aliphatic heterocycles. The predicted molar refractivity (Wildman–Crippen MR) is 145 cm³/mol. The van der Waals surface area contributed by atoms with Crippen LogP contribution >= 0.6 is 11.3 Å². The molecule has 0 radical (unpaired) electrons. The Balaban J connectivity index is 1.32. The number of carbonyl (C=O) groups excluding carboxylic acids is 1. The number of rotatable bonds is 8. The van der Waals surface area contributed by atoms with E-state index in [-0.39, 0.29) is 28.1 Å². The second kappa shape index (κ2) is 8.53. The molecule has 40 heavy (non-hydrogen) atoms. The lowest BCUT2D eigenvalue weighted by Crippen LogP contribution is -2.42. The number of halogens is 1. The number of piperidine rings is 1. The van der Waals surface area contributed by atoms with Gasteiger partial charge in [0.1, 0.15) is 28.4 Å². The third-order valence-corrected chi connectivity index (χ3v) is 11.9. The van der Waals surface area contributed by atoms with Crippen LogP contribution in [-0.4, -0.2) is 64.1 Å². The molecule has 4 aliphatic rings. The molecular weight excluding hydrogens is 553 g/mol. The number of nitrogens with zero attached hydrogens (tertiary/aromatic N) is 6. The van der Waals surface area contributed by atoms with Gasteiger partial charge in [0.2, 0.25) is 15.9 Å². The summed E-state index contributed by atoms with van der Waals surface area (Å²) in [6.07, 6.45) is 7.19. The molecular formula is C27H30FN7O3S2. The van der Waals surface area contributed by atoms with Crippen molar-refractivity contribution in [1.29, 1.82) is 5.26 Å². The maximum Gasteiger partial charge on any atom is 0.242 e. The first-order valence-electron chi connectivity index (χ1n) is 13.7. The van der Waals surface area contributed by atoms with E-state index < -0.39 is 27.7 Å². The van der Waals surface area contributed by atoms with Gasteiger partial charge in [0, 0.05) is 36.2 Å². The molecule has 1 amide bonds. The molecule has 3 aliphatic carbocycles. The van der Waals surface area contributed by atoms with Gasteiger partial charge in [0.15, 0.2) is 5.01 Å². The minimum Gasteiger partial charge on any atom is -0.342 e. The fourth-order valence-corrected chi connectivity index (χ4v) is 8.67. The van der Waals surface area contributed by atoms with Gasteiger partial charge in [0.25, 0.3) is 0 Å². The van der Waals surface area contributed by atoms with Crippen LogP contribution in [0.4, 0.5) is 4.39 Å². The highest BCUT2D eigenvalue weighted by atomic mass is 32.2. The highest BCUT2D eigenvalue weighted by Gasteiger charge is 2.59. The number of hydrogen-bond donors (Lipinski definition) is 1. The number of sulfonamides is 1. The Morgan fingerprint density at radius 3 is 2.67 bits per heavy atom. The minimum absolute atomic E-state index is 0.0510. The van der Waals surface area contributed by atoms with Crippen molar-refractivity contribution in [2.45, 2.75) is 73.6 Å². The quantitative estimate of drug-likeness (QED) is 0.430. The van der Waals surface area contributed by atoms with E-state index >= 15 is 0 Å². The van der Waals surface area contributed by atoms with Crippen LogP contribution in [0.3, 0.4) is 0 Å². The molecule has 4 fully saturated rings. The zero-order valence-corrected chi connectivity index (χ0v) is 24.0. The number of hydrogen-bond acceptors (Lipinski definition) is 8. The number of nitrogens with one attached hydrogen (secondary N) is 1. The van der Waals surface area contributed by atoms with Gasteiger partial charge in [-0.05, 0) is 50.5 Å². The molecule has 3 saturated carbocycles. The van der Waals surface area contributed by atoms with Crippen molar-refractivity contribution in [1.82, 2.24) is 29.2 Å². The molecule has 4 heterocycles. The summed E-state index contributed by atoms with van der Waals surface area (Å²) in [5, 5.41) is 19.5. The van der Waals surface area contributed by atoms with Crippen LogP contribution in [0.15, 0.2) is 23.4 Å². The van der Waals surface area contributed by atoms with E-state index in [1.807, 2.05) is 18.7 Å². The Kier molecular flexibility index (Phi) is 5.54. The van der Waals surface area contributed by atoms with E-state index in [2.05, 4.69) is 21.0 Å². The molecule has 10 nitrogen and oxygen atoms in total. The maximum absolute atomic E-state index is 13.7. The van der Waals surface area contributed by atoms with Crippen LogP contribution in [0.2, 0.25) is 0 Å². The van der Waals surface area contributed by atoms with E-state index in [0.29, 0.717) is 53.7 Å². The van der Waals surface area contributed by atoms with Gasteiger partial charge in [-0.1, -0.05) is 25.2 Å². The van der Waals surface area contributed by atoms with Gasteiger partial charge in [0.05, 0.1) is 22.7 Å². The van der Waals surface area contributed by atoms with Crippen molar-refractivity contribution in [2.75, 3.05) is 19.8 Å². The lowest BCUT2D eigenvalue weighted by atomic mass is 9.87. The first-order valence-corrected chi connectivity index (χ1v) is 16.0. The molecule has 1 N–H and O–H groups in total. The lowest BCUT2D eigenvalue weighted by molar-refractivity contribution is -0.135. The summed E-state index contributed by atoms with van der Waals surface area (Å²) >= 11 is 1.33. The third kappa shape index (κ3) is 3.90. The number of fused-ring (bicyclic) bond motifs is 2. The number of alkyl halides is 1. The smallest absolute Gasteiger partial charge is 0.242 e. The number of likely N-dealkylation sites (tertiary alicyclic amines) is 1. The fraction of sp³-hybridized carbons (Fsp3) is 0.593. The van der Waals surface area contributed by atoms with Crippen molar-refractivity contribution < 1.29 is 17.6 Å². The minimum atomic E-state index is -4.03. The number of amides is 1. The van der Waals surface area contributed by atoms with Gasteiger partial charge < -0.3 is 4.90 Å². The Labute approximate surface area is 235 Å².